The molecular weight excluding hydrogens is 354 g/mol. The van der Waals surface area contributed by atoms with Crippen LogP contribution >= 0.6 is 0 Å². The number of alkyl halides is 2. The van der Waals surface area contributed by atoms with Crippen molar-refractivity contribution in [3.8, 4) is 11.3 Å². The fourth-order valence-corrected chi connectivity index (χ4v) is 3.57. The molecule has 2 aromatic rings. The van der Waals surface area contributed by atoms with Crippen LogP contribution in [0.1, 0.15) is 36.0 Å². The van der Waals surface area contributed by atoms with Gasteiger partial charge in [-0.05, 0) is 37.8 Å². The van der Waals surface area contributed by atoms with Crippen LogP contribution < -0.4 is 5.32 Å². The number of hydrogen-bond donors (Lipinski definition) is 1. The van der Waals surface area contributed by atoms with E-state index in [1.54, 1.807) is 49.6 Å². The first-order valence-electron chi connectivity index (χ1n) is 9.00. The minimum Gasteiger partial charge on any atom is -0.376 e. The number of aryl methyl sites for hydroxylation is 1. The number of nitrogens with one attached hydrogen (secondary N) is 1. The number of rotatable bonds is 6. The maximum atomic E-state index is 12.9. The Bertz CT molecular complexity index is 786. The fraction of sp³-hybridized carbons (Fsp3) is 0.526. The monoisotopic (exact) mass is 378 g/mol. The van der Waals surface area contributed by atoms with Crippen LogP contribution in [0.25, 0.3) is 11.3 Å². The van der Waals surface area contributed by atoms with Gasteiger partial charge in [0.1, 0.15) is 0 Å². The third kappa shape index (κ3) is 4.32. The van der Waals surface area contributed by atoms with E-state index in [2.05, 4.69) is 15.4 Å². The lowest BCUT2D eigenvalue weighted by atomic mass is 9.78. The number of amides is 1. The zero-order valence-corrected chi connectivity index (χ0v) is 15.5. The van der Waals surface area contributed by atoms with Crippen molar-refractivity contribution in [2.24, 2.45) is 13.0 Å². The maximum Gasteiger partial charge on any atom is 0.253 e. The van der Waals surface area contributed by atoms with Crippen molar-refractivity contribution in [2.75, 3.05) is 13.7 Å². The number of ether oxygens (including phenoxy) is 1. The Kier molecular flexibility index (Phi) is 5.84. The molecule has 6 nitrogen and oxygen atoms in total. The van der Waals surface area contributed by atoms with Gasteiger partial charge in [-0.25, -0.2) is 8.78 Å². The van der Waals surface area contributed by atoms with Gasteiger partial charge in [-0.2, -0.15) is 5.10 Å². The van der Waals surface area contributed by atoms with Gasteiger partial charge in [0.15, 0.2) is 0 Å². The summed E-state index contributed by atoms with van der Waals surface area (Å²) in [5, 5.41) is 7.02. The van der Waals surface area contributed by atoms with E-state index in [-0.39, 0.29) is 12.5 Å². The van der Waals surface area contributed by atoms with Crippen LogP contribution in [-0.2, 0) is 11.8 Å². The smallest absolute Gasteiger partial charge is 0.253 e. The zero-order chi connectivity index (χ0) is 19.4. The molecule has 2 aromatic heterocycles. The molecule has 8 heteroatoms. The van der Waals surface area contributed by atoms with Crippen LogP contribution in [0.15, 0.2) is 30.7 Å². The summed E-state index contributed by atoms with van der Waals surface area (Å²) in [6, 6.07) is 3.41. The van der Waals surface area contributed by atoms with E-state index < -0.39 is 17.9 Å². The third-order valence-electron chi connectivity index (χ3n) is 5.33. The van der Waals surface area contributed by atoms with E-state index in [0.29, 0.717) is 36.9 Å². The summed E-state index contributed by atoms with van der Waals surface area (Å²) in [6.45, 7) is 0.277. The Morgan fingerprint density at radius 1 is 1.44 bits per heavy atom. The third-order valence-corrected chi connectivity index (χ3v) is 5.33. The molecule has 1 aliphatic carbocycles. The largest absolute Gasteiger partial charge is 0.376 e. The number of halogens is 2. The predicted molar refractivity (Wildman–Crippen MR) is 96.5 cm³/mol. The van der Waals surface area contributed by atoms with E-state index in [0.717, 1.165) is 5.56 Å². The Hall–Kier alpha value is -2.35. The zero-order valence-electron chi connectivity index (χ0n) is 15.5. The van der Waals surface area contributed by atoms with Gasteiger partial charge in [0, 0.05) is 44.6 Å². The Balaban J connectivity index is 1.69. The number of methoxy groups -OCH3 is 1. The molecule has 1 aliphatic rings. The number of hydrogen-bond acceptors (Lipinski definition) is 4. The lowest BCUT2D eigenvalue weighted by Crippen LogP contribution is -2.47. The normalized spacial score (nSPS) is 22.8. The van der Waals surface area contributed by atoms with Crippen molar-refractivity contribution in [3.63, 3.8) is 0 Å². The number of aromatic nitrogens is 3. The quantitative estimate of drug-likeness (QED) is 0.839. The minimum absolute atomic E-state index is 0.269. The predicted octanol–water partition coefficient (Wildman–Crippen LogP) is 3.05. The van der Waals surface area contributed by atoms with Gasteiger partial charge in [-0.1, -0.05) is 0 Å². The molecule has 1 N–H and O–H groups in total. The van der Waals surface area contributed by atoms with Gasteiger partial charge in [0.2, 0.25) is 6.43 Å². The van der Waals surface area contributed by atoms with Crippen molar-refractivity contribution < 1.29 is 18.3 Å². The topological polar surface area (TPSA) is 69.0 Å². The SMILES string of the molecule is COC1(CNC(=O)c2cccnc2-c2cnn(C)c2)CCC(C(F)F)CC1. The lowest BCUT2D eigenvalue weighted by Gasteiger charge is -2.39. The van der Waals surface area contributed by atoms with Crippen LogP contribution in [0.3, 0.4) is 0 Å². The fourth-order valence-electron chi connectivity index (χ4n) is 3.57. The maximum absolute atomic E-state index is 12.9. The average Bonchev–Trinajstić information content (AvgIpc) is 3.12. The highest BCUT2D eigenvalue weighted by Crippen LogP contribution is 2.37. The molecule has 0 aromatic carbocycles. The number of nitrogens with zero attached hydrogens (tertiary/aromatic N) is 3. The summed E-state index contributed by atoms with van der Waals surface area (Å²) in [7, 11) is 3.37. The molecular formula is C19H24F2N4O2. The van der Waals surface area contributed by atoms with Gasteiger partial charge in [-0.3, -0.25) is 14.5 Å². The average molecular weight is 378 g/mol. The summed E-state index contributed by atoms with van der Waals surface area (Å²) >= 11 is 0. The molecule has 1 amide bonds. The second-order valence-corrected chi connectivity index (χ2v) is 7.04. The highest BCUT2D eigenvalue weighted by Gasteiger charge is 2.38. The first-order valence-corrected chi connectivity index (χ1v) is 9.00. The van der Waals surface area contributed by atoms with Crippen molar-refractivity contribution in [3.05, 3.63) is 36.3 Å². The molecule has 0 radical (unpaired) electrons. The van der Waals surface area contributed by atoms with E-state index in [1.807, 2.05) is 0 Å². The van der Waals surface area contributed by atoms with Crippen LogP contribution in [-0.4, -0.2) is 46.4 Å². The number of pyridine rings is 1. The van der Waals surface area contributed by atoms with Crippen LogP contribution in [0, 0.1) is 5.92 Å². The Morgan fingerprint density at radius 2 is 2.19 bits per heavy atom. The molecule has 0 aliphatic heterocycles. The molecule has 3 rings (SSSR count). The van der Waals surface area contributed by atoms with E-state index in [9.17, 15) is 13.6 Å². The molecule has 146 valence electrons. The molecule has 0 atom stereocenters. The van der Waals surface area contributed by atoms with Crippen molar-refractivity contribution >= 4 is 5.91 Å². The first-order chi connectivity index (χ1) is 12.9. The lowest BCUT2D eigenvalue weighted by molar-refractivity contribution is -0.0654. The van der Waals surface area contributed by atoms with Gasteiger partial charge < -0.3 is 10.1 Å². The van der Waals surface area contributed by atoms with Gasteiger partial charge >= 0.3 is 0 Å². The molecule has 0 spiro atoms. The Morgan fingerprint density at radius 3 is 2.78 bits per heavy atom. The number of carbonyl (C=O) groups is 1. The molecule has 0 bridgehead atoms. The van der Waals surface area contributed by atoms with Gasteiger partial charge in [0.05, 0.1) is 23.1 Å². The van der Waals surface area contributed by atoms with Crippen LogP contribution in [0.5, 0.6) is 0 Å². The second kappa shape index (κ2) is 8.12. The van der Waals surface area contributed by atoms with Crippen LogP contribution in [0.2, 0.25) is 0 Å². The van der Waals surface area contributed by atoms with E-state index in [1.165, 1.54) is 0 Å². The van der Waals surface area contributed by atoms with Crippen molar-refractivity contribution in [2.45, 2.75) is 37.7 Å². The molecule has 0 saturated heterocycles. The molecule has 2 heterocycles. The second-order valence-electron chi connectivity index (χ2n) is 7.04. The standard InChI is InChI=1S/C19H24F2N4O2/c1-25-11-14(10-24-25)16-15(4-3-9-22-16)18(26)23-12-19(27-2)7-5-13(6-8-19)17(20)21/h3-4,9-11,13,17H,5-8,12H2,1-2H3,(H,23,26). The summed E-state index contributed by atoms with van der Waals surface area (Å²) in [5.41, 5.74) is 1.15. The summed E-state index contributed by atoms with van der Waals surface area (Å²) in [5.74, 6) is -0.853. The number of carbonyl (C=O) groups excluding carboxylic acids is 1. The summed E-state index contributed by atoms with van der Waals surface area (Å²) in [6.07, 6.45) is 4.57. The Labute approximate surface area is 156 Å². The van der Waals surface area contributed by atoms with E-state index in [4.69, 9.17) is 4.74 Å². The van der Waals surface area contributed by atoms with Crippen LogP contribution in [0.4, 0.5) is 8.78 Å². The molecule has 1 saturated carbocycles. The van der Waals surface area contributed by atoms with Gasteiger partial charge in [0.25, 0.3) is 5.91 Å². The highest BCUT2D eigenvalue weighted by molar-refractivity contribution is 5.99. The molecule has 0 unspecified atom stereocenters. The molecule has 1 fully saturated rings. The highest BCUT2D eigenvalue weighted by atomic mass is 19.3. The molecule has 27 heavy (non-hydrogen) atoms. The minimum atomic E-state index is -2.30. The van der Waals surface area contributed by atoms with Crippen molar-refractivity contribution in [1.29, 1.82) is 0 Å². The van der Waals surface area contributed by atoms with E-state index >= 15 is 0 Å². The van der Waals surface area contributed by atoms with Gasteiger partial charge in [-0.15, -0.1) is 0 Å². The first kappa shape index (κ1) is 19.4. The summed E-state index contributed by atoms with van der Waals surface area (Å²) < 4.78 is 33.1. The summed E-state index contributed by atoms with van der Waals surface area (Å²) in [4.78, 5) is 17.1. The van der Waals surface area contributed by atoms with Crippen molar-refractivity contribution in [1.82, 2.24) is 20.1 Å².